The van der Waals surface area contributed by atoms with Gasteiger partial charge in [-0.15, -0.1) is 0 Å². The van der Waals surface area contributed by atoms with E-state index < -0.39 is 0 Å². The van der Waals surface area contributed by atoms with Gasteiger partial charge in [-0.25, -0.2) is 4.79 Å². The number of carbonyl (C=O) groups is 1. The summed E-state index contributed by atoms with van der Waals surface area (Å²) in [6, 6.07) is 18.0. The van der Waals surface area contributed by atoms with Crippen LogP contribution in [0.25, 0.3) is 0 Å². The number of aromatic hydroxyl groups is 1. The number of hydrogen-bond donors (Lipinski definition) is 3. The van der Waals surface area contributed by atoms with Gasteiger partial charge in [-0.3, -0.25) is 0 Å². The van der Waals surface area contributed by atoms with Crippen LogP contribution in [0, 0.1) is 13.8 Å². The molecule has 0 aliphatic rings. The topological polar surface area (TPSA) is 70.6 Å². The number of benzene rings is 3. The van der Waals surface area contributed by atoms with Crippen LogP contribution >= 0.6 is 0 Å². The Morgan fingerprint density at radius 1 is 0.897 bits per heavy atom. The standard InChI is InChI=1S/C24H26N2O3/c1-15(2)21-14-20(10-11-22(21)27)29-23-16(3)12-19(13-17(23)4)26-24(28)25-18-8-6-5-7-9-18/h5-15,27H,1-4H3,(H2,25,26,28). The van der Waals surface area contributed by atoms with Crippen molar-refractivity contribution in [1.29, 1.82) is 0 Å². The van der Waals surface area contributed by atoms with E-state index in [9.17, 15) is 9.90 Å². The maximum absolute atomic E-state index is 12.2. The summed E-state index contributed by atoms with van der Waals surface area (Å²) in [6.07, 6.45) is 0. The number of hydrogen-bond acceptors (Lipinski definition) is 3. The first-order valence-corrected chi connectivity index (χ1v) is 9.58. The van der Waals surface area contributed by atoms with Gasteiger partial charge in [-0.2, -0.15) is 0 Å². The molecule has 0 atom stereocenters. The van der Waals surface area contributed by atoms with Crippen molar-refractivity contribution in [2.24, 2.45) is 0 Å². The highest BCUT2D eigenvalue weighted by atomic mass is 16.5. The second-order valence-corrected chi connectivity index (χ2v) is 7.36. The molecule has 0 spiro atoms. The first-order valence-electron chi connectivity index (χ1n) is 9.58. The number of carbonyl (C=O) groups excluding carboxylic acids is 1. The van der Waals surface area contributed by atoms with Crippen molar-refractivity contribution in [3.05, 3.63) is 77.4 Å². The zero-order valence-corrected chi connectivity index (χ0v) is 17.1. The van der Waals surface area contributed by atoms with E-state index in [1.807, 2.05) is 76.2 Å². The highest BCUT2D eigenvalue weighted by Gasteiger charge is 2.12. The lowest BCUT2D eigenvalue weighted by atomic mass is 10.0. The number of rotatable bonds is 5. The Hall–Kier alpha value is -3.47. The number of urea groups is 1. The van der Waals surface area contributed by atoms with E-state index in [1.165, 1.54) is 0 Å². The van der Waals surface area contributed by atoms with Gasteiger partial charge in [-0.1, -0.05) is 32.0 Å². The summed E-state index contributed by atoms with van der Waals surface area (Å²) in [5.74, 6) is 1.86. The summed E-state index contributed by atoms with van der Waals surface area (Å²) in [4.78, 5) is 12.2. The van der Waals surface area contributed by atoms with Crippen molar-refractivity contribution < 1.29 is 14.6 Å². The molecule has 3 rings (SSSR count). The Bertz CT molecular complexity index is 991. The first-order chi connectivity index (χ1) is 13.8. The number of para-hydroxylation sites is 1. The van der Waals surface area contributed by atoms with E-state index >= 15 is 0 Å². The Balaban J connectivity index is 1.76. The average Bonchev–Trinajstić information content (AvgIpc) is 2.66. The molecule has 0 aromatic heterocycles. The SMILES string of the molecule is Cc1cc(NC(=O)Nc2ccccc2)cc(C)c1Oc1ccc(O)c(C(C)C)c1. The number of amides is 2. The van der Waals surface area contributed by atoms with E-state index in [1.54, 1.807) is 12.1 Å². The molecule has 0 radical (unpaired) electrons. The molecular formula is C24H26N2O3. The molecule has 0 aliphatic heterocycles. The van der Waals surface area contributed by atoms with Crippen molar-refractivity contribution in [3.8, 4) is 17.2 Å². The smallest absolute Gasteiger partial charge is 0.323 e. The third-order valence-corrected chi connectivity index (χ3v) is 4.59. The number of ether oxygens (including phenoxy) is 1. The molecule has 0 bridgehead atoms. The molecule has 3 N–H and O–H groups in total. The molecular weight excluding hydrogens is 364 g/mol. The summed E-state index contributed by atoms with van der Waals surface area (Å²) in [6.45, 7) is 7.92. The van der Waals surface area contributed by atoms with Gasteiger partial charge in [0.25, 0.3) is 0 Å². The van der Waals surface area contributed by atoms with E-state index in [4.69, 9.17) is 4.74 Å². The van der Waals surface area contributed by atoms with Gasteiger partial charge in [0.2, 0.25) is 0 Å². The fourth-order valence-corrected chi connectivity index (χ4v) is 3.17. The molecule has 0 heterocycles. The lowest BCUT2D eigenvalue weighted by Crippen LogP contribution is -2.19. The van der Waals surface area contributed by atoms with Gasteiger partial charge >= 0.3 is 6.03 Å². The lowest BCUT2D eigenvalue weighted by Gasteiger charge is -2.16. The molecule has 0 saturated carbocycles. The van der Waals surface area contributed by atoms with Crippen LogP contribution in [-0.4, -0.2) is 11.1 Å². The minimum atomic E-state index is -0.302. The summed E-state index contributed by atoms with van der Waals surface area (Å²) in [5.41, 5.74) is 4.06. The van der Waals surface area contributed by atoms with Crippen LogP contribution in [-0.2, 0) is 0 Å². The zero-order valence-electron chi connectivity index (χ0n) is 17.1. The predicted octanol–water partition coefficient (Wildman–Crippen LogP) is 6.57. The molecule has 0 fully saturated rings. The lowest BCUT2D eigenvalue weighted by molar-refractivity contribution is 0.262. The van der Waals surface area contributed by atoms with Crippen LogP contribution < -0.4 is 15.4 Å². The number of nitrogens with one attached hydrogen (secondary N) is 2. The molecule has 29 heavy (non-hydrogen) atoms. The second kappa shape index (κ2) is 8.69. The molecule has 0 aliphatic carbocycles. The molecule has 150 valence electrons. The minimum absolute atomic E-state index is 0.190. The summed E-state index contributed by atoms with van der Waals surface area (Å²) in [7, 11) is 0. The Morgan fingerprint density at radius 3 is 2.14 bits per heavy atom. The number of anilines is 2. The molecule has 0 saturated heterocycles. The number of phenols is 1. The first kappa shape index (κ1) is 20.3. The third-order valence-electron chi connectivity index (χ3n) is 4.59. The molecule has 0 unspecified atom stereocenters. The highest BCUT2D eigenvalue weighted by Crippen LogP contribution is 2.35. The van der Waals surface area contributed by atoms with Crippen LogP contribution in [0.5, 0.6) is 17.2 Å². The molecule has 2 amide bonds. The molecule has 5 nitrogen and oxygen atoms in total. The van der Waals surface area contributed by atoms with Gasteiger partial charge in [-0.05, 0) is 73.4 Å². The molecule has 3 aromatic rings. The largest absolute Gasteiger partial charge is 0.508 e. The maximum atomic E-state index is 12.2. The monoisotopic (exact) mass is 390 g/mol. The van der Waals surface area contributed by atoms with E-state index in [0.29, 0.717) is 11.4 Å². The van der Waals surface area contributed by atoms with Crippen LogP contribution in [0.4, 0.5) is 16.2 Å². The number of aryl methyl sites for hydroxylation is 2. The fourth-order valence-electron chi connectivity index (χ4n) is 3.17. The van der Waals surface area contributed by atoms with Crippen LogP contribution in [0.3, 0.4) is 0 Å². The van der Waals surface area contributed by atoms with Crippen LogP contribution in [0.2, 0.25) is 0 Å². The fraction of sp³-hybridized carbons (Fsp3) is 0.208. The van der Waals surface area contributed by atoms with Crippen molar-refractivity contribution >= 4 is 17.4 Å². The van der Waals surface area contributed by atoms with Gasteiger partial charge in [0, 0.05) is 16.9 Å². The average molecular weight is 390 g/mol. The van der Waals surface area contributed by atoms with Crippen molar-refractivity contribution in [1.82, 2.24) is 0 Å². The molecule has 3 aromatic carbocycles. The number of phenolic OH excluding ortho intramolecular Hbond substituents is 1. The van der Waals surface area contributed by atoms with Crippen LogP contribution in [0.15, 0.2) is 60.7 Å². The quantitative estimate of drug-likeness (QED) is 0.461. The highest BCUT2D eigenvalue weighted by molar-refractivity contribution is 5.99. The Kier molecular flexibility index (Phi) is 6.07. The predicted molar refractivity (Wildman–Crippen MR) is 117 cm³/mol. The van der Waals surface area contributed by atoms with Crippen molar-refractivity contribution in [2.45, 2.75) is 33.6 Å². The van der Waals surface area contributed by atoms with Gasteiger partial charge in [0.1, 0.15) is 17.2 Å². The van der Waals surface area contributed by atoms with Crippen LogP contribution in [0.1, 0.15) is 36.5 Å². The minimum Gasteiger partial charge on any atom is -0.508 e. The normalized spacial score (nSPS) is 10.7. The van der Waals surface area contributed by atoms with Gasteiger partial charge in [0.05, 0.1) is 0 Å². The molecule has 5 heteroatoms. The summed E-state index contributed by atoms with van der Waals surface area (Å²) < 4.78 is 6.10. The summed E-state index contributed by atoms with van der Waals surface area (Å²) >= 11 is 0. The Morgan fingerprint density at radius 2 is 1.52 bits per heavy atom. The van der Waals surface area contributed by atoms with E-state index in [0.717, 1.165) is 28.1 Å². The second-order valence-electron chi connectivity index (χ2n) is 7.36. The van der Waals surface area contributed by atoms with E-state index in [-0.39, 0.29) is 17.7 Å². The summed E-state index contributed by atoms with van der Waals surface area (Å²) in [5, 5.41) is 15.7. The van der Waals surface area contributed by atoms with Gasteiger partial charge < -0.3 is 20.5 Å². The van der Waals surface area contributed by atoms with Gasteiger partial charge in [0.15, 0.2) is 0 Å². The van der Waals surface area contributed by atoms with Crippen molar-refractivity contribution in [2.75, 3.05) is 10.6 Å². The maximum Gasteiger partial charge on any atom is 0.323 e. The Labute approximate surface area is 171 Å². The van der Waals surface area contributed by atoms with Crippen molar-refractivity contribution in [3.63, 3.8) is 0 Å². The third kappa shape index (κ3) is 5.08. The van der Waals surface area contributed by atoms with E-state index in [2.05, 4.69) is 10.6 Å². The zero-order chi connectivity index (χ0) is 21.0.